The van der Waals surface area contributed by atoms with E-state index in [0.717, 1.165) is 11.3 Å². The Morgan fingerprint density at radius 3 is 2.48 bits per heavy atom. The average molecular weight is 364 g/mol. The van der Waals surface area contributed by atoms with Crippen LogP contribution in [-0.2, 0) is 6.42 Å². The zero-order chi connectivity index (χ0) is 19.2. The maximum Gasteiger partial charge on any atom is 0.258 e. The Balaban J connectivity index is 1.55. The van der Waals surface area contributed by atoms with E-state index in [-0.39, 0.29) is 11.7 Å². The molecule has 0 saturated heterocycles. The lowest BCUT2D eigenvalue weighted by molar-refractivity contribution is 0.102. The van der Waals surface area contributed by atoms with Crippen molar-refractivity contribution in [3.05, 3.63) is 82.9 Å². The molecule has 27 heavy (non-hydrogen) atoms. The summed E-state index contributed by atoms with van der Waals surface area (Å²) >= 11 is 0. The van der Waals surface area contributed by atoms with Gasteiger partial charge in [0.1, 0.15) is 5.82 Å². The molecule has 1 amide bonds. The largest absolute Gasteiger partial charge is 0.354 e. The van der Waals surface area contributed by atoms with Gasteiger partial charge in [-0.3, -0.25) is 4.79 Å². The molecule has 0 aliphatic rings. The van der Waals surface area contributed by atoms with Crippen LogP contribution in [0.25, 0.3) is 0 Å². The number of nitrogens with zero attached hydrogens (tertiary/aromatic N) is 2. The van der Waals surface area contributed by atoms with E-state index in [0.29, 0.717) is 30.0 Å². The summed E-state index contributed by atoms with van der Waals surface area (Å²) in [7, 11) is 0. The number of nitrogens with one attached hydrogen (secondary N) is 2. The van der Waals surface area contributed by atoms with Gasteiger partial charge in [0.15, 0.2) is 0 Å². The summed E-state index contributed by atoms with van der Waals surface area (Å²) in [6, 6.07) is 12.4. The van der Waals surface area contributed by atoms with Crippen LogP contribution in [-0.4, -0.2) is 22.4 Å². The monoisotopic (exact) mass is 364 g/mol. The Hall–Kier alpha value is -3.28. The van der Waals surface area contributed by atoms with Gasteiger partial charge < -0.3 is 10.6 Å². The van der Waals surface area contributed by atoms with Crippen LogP contribution in [0.1, 0.15) is 27.0 Å². The van der Waals surface area contributed by atoms with Gasteiger partial charge in [-0.05, 0) is 55.2 Å². The van der Waals surface area contributed by atoms with Crippen molar-refractivity contribution in [1.82, 2.24) is 9.97 Å². The zero-order valence-electron chi connectivity index (χ0n) is 15.3. The van der Waals surface area contributed by atoms with E-state index in [1.807, 2.05) is 32.0 Å². The highest BCUT2D eigenvalue weighted by Gasteiger charge is 2.08. The molecule has 0 atom stereocenters. The molecule has 1 heterocycles. The normalized spacial score (nSPS) is 10.5. The van der Waals surface area contributed by atoms with Gasteiger partial charge in [-0.2, -0.15) is 0 Å². The van der Waals surface area contributed by atoms with E-state index in [2.05, 4.69) is 20.6 Å². The van der Waals surface area contributed by atoms with Crippen molar-refractivity contribution in [2.75, 3.05) is 17.2 Å². The van der Waals surface area contributed by atoms with Crippen molar-refractivity contribution < 1.29 is 9.18 Å². The lowest BCUT2D eigenvalue weighted by Crippen LogP contribution is -2.14. The third-order valence-electron chi connectivity index (χ3n) is 4.31. The minimum Gasteiger partial charge on any atom is -0.354 e. The van der Waals surface area contributed by atoms with Gasteiger partial charge in [-0.25, -0.2) is 14.4 Å². The number of aromatic nitrogens is 2. The number of halogens is 1. The molecule has 2 N–H and O–H groups in total. The highest BCUT2D eigenvalue weighted by molar-refractivity contribution is 6.03. The molecule has 3 aromatic rings. The van der Waals surface area contributed by atoms with Crippen molar-refractivity contribution in [2.45, 2.75) is 20.3 Å². The minimum atomic E-state index is -0.267. The SMILES string of the molecule is Cc1ccc(NC(=O)c2cnc(NCCc3ccccc3F)nc2)cc1C. The third kappa shape index (κ3) is 4.88. The molecule has 0 aliphatic carbocycles. The number of hydrogen-bond donors (Lipinski definition) is 2. The number of aryl methyl sites for hydroxylation is 2. The van der Waals surface area contributed by atoms with Crippen LogP contribution in [0.3, 0.4) is 0 Å². The van der Waals surface area contributed by atoms with Crippen molar-refractivity contribution in [2.24, 2.45) is 0 Å². The Bertz CT molecular complexity index is 941. The second-order valence-electron chi connectivity index (χ2n) is 6.32. The smallest absolute Gasteiger partial charge is 0.258 e. The molecule has 138 valence electrons. The lowest BCUT2D eigenvalue weighted by Gasteiger charge is -2.08. The molecule has 0 aliphatic heterocycles. The first-order valence-electron chi connectivity index (χ1n) is 8.71. The molecule has 0 bridgehead atoms. The number of rotatable bonds is 6. The number of hydrogen-bond acceptors (Lipinski definition) is 4. The Morgan fingerprint density at radius 1 is 1.04 bits per heavy atom. The summed E-state index contributed by atoms with van der Waals surface area (Å²) in [5.74, 6) is -0.0937. The second kappa shape index (κ2) is 8.40. The van der Waals surface area contributed by atoms with E-state index in [1.165, 1.54) is 24.0 Å². The van der Waals surface area contributed by atoms with E-state index >= 15 is 0 Å². The molecular weight excluding hydrogens is 343 g/mol. The maximum absolute atomic E-state index is 13.6. The Morgan fingerprint density at radius 2 is 1.78 bits per heavy atom. The fourth-order valence-electron chi connectivity index (χ4n) is 2.57. The Kier molecular flexibility index (Phi) is 5.76. The van der Waals surface area contributed by atoms with Gasteiger partial charge in [-0.15, -0.1) is 0 Å². The van der Waals surface area contributed by atoms with Crippen LogP contribution >= 0.6 is 0 Å². The summed E-state index contributed by atoms with van der Waals surface area (Å²) in [6.07, 6.45) is 3.45. The average Bonchev–Trinajstić information content (AvgIpc) is 2.67. The molecule has 2 aromatic carbocycles. The highest BCUT2D eigenvalue weighted by Crippen LogP contribution is 2.15. The van der Waals surface area contributed by atoms with Crippen molar-refractivity contribution in [1.29, 1.82) is 0 Å². The Labute approximate surface area is 157 Å². The molecule has 6 heteroatoms. The van der Waals surface area contributed by atoms with E-state index < -0.39 is 0 Å². The number of anilines is 2. The standard InChI is InChI=1S/C21H21FN4O/c1-14-7-8-18(11-15(14)2)26-20(27)17-12-24-21(25-13-17)23-10-9-16-5-3-4-6-19(16)22/h3-8,11-13H,9-10H2,1-2H3,(H,26,27)(H,23,24,25). The lowest BCUT2D eigenvalue weighted by atomic mass is 10.1. The minimum absolute atomic E-state index is 0.224. The van der Waals surface area contributed by atoms with Crippen LogP contribution in [0.15, 0.2) is 54.9 Å². The molecule has 0 saturated carbocycles. The molecule has 5 nitrogen and oxygen atoms in total. The highest BCUT2D eigenvalue weighted by atomic mass is 19.1. The summed E-state index contributed by atoms with van der Waals surface area (Å²) < 4.78 is 13.6. The van der Waals surface area contributed by atoms with E-state index in [9.17, 15) is 9.18 Å². The van der Waals surface area contributed by atoms with E-state index in [1.54, 1.807) is 18.2 Å². The van der Waals surface area contributed by atoms with E-state index in [4.69, 9.17) is 0 Å². The topological polar surface area (TPSA) is 66.9 Å². The van der Waals surface area contributed by atoms with Gasteiger partial charge in [-0.1, -0.05) is 24.3 Å². The third-order valence-corrected chi connectivity index (χ3v) is 4.31. The zero-order valence-corrected chi connectivity index (χ0v) is 15.3. The summed E-state index contributed by atoms with van der Waals surface area (Å²) in [5.41, 5.74) is 4.01. The van der Waals surface area contributed by atoms with Crippen molar-refractivity contribution >= 4 is 17.5 Å². The fourth-order valence-corrected chi connectivity index (χ4v) is 2.57. The quantitative estimate of drug-likeness (QED) is 0.690. The molecular formula is C21H21FN4O. The van der Waals surface area contributed by atoms with Crippen LogP contribution < -0.4 is 10.6 Å². The van der Waals surface area contributed by atoms with Gasteiger partial charge in [0.2, 0.25) is 5.95 Å². The fraction of sp³-hybridized carbons (Fsp3) is 0.190. The molecule has 0 radical (unpaired) electrons. The van der Waals surface area contributed by atoms with Crippen molar-refractivity contribution in [3.63, 3.8) is 0 Å². The van der Waals surface area contributed by atoms with Gasteiger partial charge in [0.25, 0.3) is 5.91 Å². The predicted molar refractivity (Wildman–Crippen MR) is 104 cm³/mol. The number of benzene rings is 2. The van der Waals surface area contributed by atoms with Crippen LogP contribution in [0, 0.1) is 19.7 Å². The van der Waals surface area contributed by atoms with Crippen LogP contribution in [0.4, 0.5) is 16.0 Å². The molecule has 1 aromatic heterocycles. The van der Waals surface area contributed by atoms with Gasteiger partial charge in [0, 0.05) is 24.6 Å². The van der Waals surface area contributed by atoms with Crippen LogP contribution in [0.2, 0.25) is 0 Å². The molecule has 0 unspecified atom stereocenters. The maximum atomic E-state index is 13.6. The van der Waals surface area contributed by atoms with Crippen molar-refractivity contribution in [3.8, 4) is 0 Å². The number of amides is 1. The molecule has 0 fully saturated rings. The van der Waals surface area contributed by atoms with Gasteiger partial charge in [0.05, 0.1) is 5.56 Å². The summed E-state index contributed by atoms with van der Waals surface area (Å²) in [5, 5.41) is 5.86. The number of carbonyl (C=O) groups is 1. The second-order valence-corrected chi connectivity index (χ2v) is 6.32. The first-order chi connectivity index (χ1) is 13.0. The first-order valence-corrected chi connectivity index (χ1v) is 8.71. The van der Waals surface area contributed by atoms with Gasteiger partial charge >= 0.3 is 0 Å². The first kappa shape index (κ1) is 18.5. The van der Waals surface area contributed by atoms with Crippen LogP contribution in [0.5, 0.6) is 0 Å². The summed E-state index contributed by atoms with van der Waals surface area (Å²) in [4.78, 5) is 20.6. The molecule has 0 spiro atoms. The number of carbonyl (C=O) groups excluding carboxylic acids is 1. The summed E-state index contributed by atoms with van der Waals surface area (Å²) in [6.45, 7) is 4.51. The predicted octanol–water partition coefficient (Wildman–Crippen LogP) is 4.14. The molecule has 3 rings (SSSR count).